The van der Waals surface area contributed by atoms with Gasteiger partial charge in [-0.2, -0.15) is 0 Å². The van der Waals surface area contributed by atoms with Gasteiger partial charge < -0.3 is 23.6 Å². The number of hydrogen-bond acceptors (Lipinski definition) is 6. The van der Waals surface area contributed by atoms with E-state index < -0.39 is 5.79 Å². The van der Waals surface area contributed by atoms with E-state index in [0.29, 0.717) is 36.7 Å². The Morgan fingerprint density at radius 1 is 1.03 bits per heavy atom. The van der Waals surface area contributed by atoms with Crippen LogP contribution in [0.1, 0.15) is 61.7 Å². The lowest BCUT2D eigenvalue weighted by molar-refractivity contribution is -0.141. The summed E-state index contributed by atoms with van der Waals surface area (Å²) in [6.07, 6.45) is -0.117. The second-order valence-corrected chi connectivity index (χ2v) is 10.4. The molecule has 7 nitrogen and oxygen atoms in total. The van der Waals surface area contributed by atoms with Gasteiger partial charge in [-0.15, -0.1) is 0 Å². The molecule has 0 bridgehead atoms. The third-order valence-electron chi connectivity index (χ3n) is 7.14. The van der Waals surface area contributed by atoms with Crippen molar-refractivity contribution in [3.8, 4) is 5.75 Å². The fourth-order valence-electron chi connectivity index (χ4n) is 5.20. The van der Waals surface area contributed by atoms with Crippen LogP contribution in [0.2, 0.25) is 0 Å². The van der Waals surface area contributed by atoms with Crippen LogP contribution in [0, 0.1) is 6.92 Å². The number of oxime groups is 1. The van der Waals surface area contributed by atoms with Crippen molar-refractivity contribution in [3.63, 3.8) is 0 Å². The predicted octanol–water partition coefficient (Wildman–Crippen LogP) is 6.64. The number of nitrogens with zero attached hydrogens (tertiary/aromatic N) is 2. The molecule has 1 unspecified atom stereocenters. The van der Waals surface area contributed by atoms with E-state index in [9.17, 15) is 4.79 Å². The number of rotatable bonds is 9. The van der Waals surface area contributed by atoms with Gasteiger partial charge in [0.1, 0.15) is 25.1 Å². The SMILES string of the molecule is CCO/N=C(\C)c1ccc2c(c1)c1cc(C(=O)c3ccc(OCC4COC(C)(C)O4)cc3C)ccc1n2CC. The van der Waals surface area contributed by atoms with Gasteiger partial charge in [-0.05, 0) is 101 Å². The van der Waals surface area contributed by atoms with Crippen LogP contribution < -0.4 is 4.74 Å². The highest BCUT2D eigenvalue weighted by atomic mass is 16.7. The Bertz CT molecular complexity index is 1570. The minimum Gasteiger partial charge on any atom is -0.491 e. The summed E-state index contributed by atoms with van der Waals surface area (Å²) in [5.41, 5.74) is 6.21. The van der Waals surface area contributed by atoms with E-state index in [1.54, 1.807) is 0 Å². The summed E-state index contributed by atoms with van der Waals surface area (Å²) in [4.78, 5) is 18.9. The molecule has 1 saturated heterocycles. The lowest BCUT2D eigenvalue weighted by atomic mass is 9.97. The van der Waals surface area contributed by atoms with Gasteiger partial charge in [0.2, 0.25) is 0 Å². The molecule has 0 radical (unpaired) electrons. The van der Waals surface area contributed by atoms with Crippen molar-refractivity contribution in [3.05, 3.63) is 76.9 Å². The number of ketones is 1. The van der Waals surface area contributed by atoms with E-state index in [2.05, 4.69) is 34.8 Å². The molecular formula is C32H36N2O5. The van der Waals surface area contributed by atoms with E-state index in [-0.39, 0.29) is 11.9 Å². The van der Waals surface area contributed by atoms with E-state index in [0.717, 1.165) is 45.2 Å². The van der Waals surface area contributed by atoms with Gasteiger partial charge in [0.25, 0.3) is 0 Å². The minimum absolute atomic E-state index is 0.0159. The number of ether oxygens (including phenoxy) is 3. The Balaban J connectivity index is 1.43. The van der Waals surface area contributed by atoms with Gasteiger partial charge in [0.15, 0.2) is 11.6 Å². The number of hydrogen-bond donors (Lipinski definition) is 0. The number of aryl methyl sites for hydroxylation is 2. The number of carbonyl (C=O) groups is 1. The van der Waals surface area contributed by atoms with Crippen molar-refractivity contribution in [1.82, 2.24) is 4.57 Å². The van der Waals surface area contributed by atoms with Gasteiger partial charge >= 0.3 is 0 Å². The fraction of sp³-hybridized carbons (Fsp3) is 0.375. The normalized spacial score (nSPS) is 17.2. The lowest BCUT2D eigenvalue weighted by Gasteiger charge is -2.17. The second kappa shape index (κ2) is 10.8. The Hall–Kier alpha value is -3.68. The number of fused-ring (bicyclic) bond motifs is 3. The van der Waals surface area contributed by atoms with Crippen LogP contribution in [-0.4, -0.2) is 47.8 Å². The zero-order chi connectivity index (χ0) is 27.7. The van der Waals surface area contributed by atoms with Crippen molar-refractivity contribution < 1.29 is 23.8 Å². The molecule has 39 heavy (non-hydrogen) atoms. The molecule has 0 spiro atoms. The van der Waals surface area contributed by atoms with Gasteiger partial charge in [-0.1, -0.05) is 11.2 Å². The van der Waals surface area contributed by atoms with E-state index in [1.165, 1.54) is 0 Å². The number of aromatic nitrogens is 1. The number of benzene rings is 3. The van der Waals surface area contributed by atoms with Gasteiger partial charge in [0.05, 0.1) is 12.3 Å². The largest absolute Gasteiger partial charge is 0.491 e. The Morgan fingerprint density at radius 3 is 2.33 bits per heavy atom. The molecule has 7 heteroatoms. The first-order valence-corrected chi connectivity index (χ1v) is 13.5. The Kier molecular flexibility index (Phi) is 7.47. The lowest BCUT2D eigenvalue weighted by Crippen LogP contribution is -2.25. The average Bonchev–Trinajstić information content (AvgIpc) is 3.45. The molecule has 1 aromatic heterocycles. The van der Waals surface area contributed by atoms with Gasteiger partial charge in [-0.3, -0.25) is 4.79 Å². The molecule has 5 rings (SSSR count). The smallest absolute Gasteiger partial charge is 0.193 e. The first-order valence-electron chi connectivity index (χ1n) is 13.5. The molecule has 0 aliphatic carbocycles. The van der Waals surface area contributed by atoms with Crippen LogP contribution in [-0.2, 0) is 20.9 Å². The van der Waals surface area contributed by atoms with E-state index >= 15 is 0 Å². The summed E-state index contributed by atoms with van der Waals surface area (Å²) in [5.74, 6) is 0.107. The number of carbonyl (C=O) groups excluding carboxylic acids is 1. The summed E-state index contributed by atoms with van der Waals surface area (Å²) in [5, 5.41) is 6.34. The first kappa shape index (κ1) is 26.9. The minimum atomic E-state index is -0.581. The molecule has 0 saturated carbocycles. The maximum absolute atomic E-state index is 13.6. The second-order valence-electron chi connectivity index (χ2n) is 10.4. The van der Waals surface area contributed by atoms with Crippen molar-refractivity contribution in [2.45, 2.75) is 60.0 Å². The molecule has 1 aliphatic heterocycles. The summed E-state index contributed by atoms with van der Waals surface area (Å²) in [6.45, 7) is 14.0. The molecule has 3 aromatic carbocycles. The molecule has 1 aliphatic rings. The van der Waals surface area contributed by atoms with E-state index in [1.807, 2.05) is 71.0 Å². The third-order valence-corrected chi connectivity index (χ3v) is 7.14. The zero-order valence-electron chi connectivity index (χ0n) is 23.5. The molecule has 0 N–H and O–H groups in total. The molecule has 2 heterocycles. The first-order chi connectivity index (χ1) is 18.7. The van der Waals surface area contributed by atoms with Crippen molar-refractivity contribution in [2.75, 3.05) is 19.8 Å². The molecule has 4 aromatic rings. The van der Waals surface area contributed by atoms with Gasteiger partial charge in [0, 0.05) is 39.5 Å². The maximum Gasteiger partial charge on any atom is 0.193 e. The third kappa shape index (κ3) is 5.42. The van der Waals surface area contributed by atoms with Crippen LogP contribution >= 0.6 is 0 Å². The standard InChI is InChI=1S/C32H36N2O5/c1-7-34-29-13-9-22(21(4)33-38-8-2)16-27(29)28-17-23(10-14-30(28)34)31(35)26-12-11-24(15-20(26)3)36-18-25-19-37-32(5,6)39-25/h9-17,25H,7-8,18-19H2,1-6H3/b33-21+. The van der Waals surface area contributed by atoms with Gasteiger partial charge in [-0.25, -0.2) is 0 Å². The molecule has 1 fully saturated rings. The summed E-state index contributed by atoms with van der Waals surface area (Å²) in [7, 11) is 0. The van der Waals surface area contributed by atoms with Crippen molar-refractivity contribution in [1.29, 1.82) is 0 Å². The van der Waals surface area contributed by atoms with Crippen molar-refractivity contribution >= 4 is 33.3 Å². The molecule has 0 amide bonds. The summed E-state index contributed by atoms with van der Waals surface area (Å²) < 4.78 is 19.6. The average molecular weight is 529 g/mol. The molecule has 1 atom stereocenters. The Morgan fingerprint density at radius 2 is 1.72 bits per heavy atom. The highest BCUT2D eigenvalue weighted by molar-refractivity contribution is 6.16. The van der Waals surface area contributed by atoms with Crippen molar-refractivity contribution in [2.24, 2.45) is 5.16 Å². The predicted molar refractivity (Wildman–Crippen MR) is 154 cm³/mol. The maximum atomic E-state index is 13.6. The summed E-state index contributed by atoms with van der Waals surface area (Å²) in [6, 6.07) is 17.9. The molecular weight excluding hydrogens is 492 g/mol. The van der Waals surface area contributed by atoms with Crippen LogP contribution in [0.25, 0.3) is 21.8 Å². The van der Waals surface area contributed by atoms with Crippen LogP contribution in [0.4, 0.5) is 0 Å². The zero-order valence-corrected chi connectivity index (χ0v) is 23.5. The fourth-order valence-corrected chi connectivity index (χ4v) is 5.20. The molecule has 204 valence electrons. The Labute approximate surface area is 229 Å². The van der Waals surface area contributed by atoms with E-state index in [4.69, 9.17) is 19.0 Å². The van der Waals surface area contributed by atoms with Crippen LogP contribution in [0.5, 0.6) is 5.75 Å². The monoisotopic (exact) mass is 528 g/mol. The summed E-state index contributed by atoms with van der Waals surface area (Å²) >= 11 is 0. The topological polar surface area (TPSA) is 71.3 Å². The van der Waals surface area contributed by atoms with Crippen LogP contribution in [0.3, 0.4) is 0 Å². The highest BCUT2D eigenvalue weighted by Gasteiger charge is 2.33. The highest BCUT2D eigenvalue weighted by Crippen LogP contribution is 2.32. The quantitative estimate of drug-likeness (QED) is 0.138. The van der Waals surface area contributed by atoms with Crippen LogP contribution in [0.15, 0.2) is 59.8 Å².